The Morgan fingerprint density at radius 1 is 1.00 bits per heavy atom. The Morgan fingerprint density at radius 3 is 2.53 bits per heavy atom. The van der Waals surface area contributed by atoms with Gasteiger partial charge in [-0.3, -0.25) is 9.78 Å². The summed E-state index contributed by atoms with van der Waals surface area (Å²) in [6.45, 7) is 4.07. The van der Waals surface area contributed by atoms with Crippen molar-refractivity contribution in [3.63, 3.8) is 0 Å². The van der Waals surface area contributed by atoms with Crippen LogP contribution in [0.1, 0.15) is 34.5 Å². The first-order valence-corrected chi connectivity index (χ1v) is 10.4. The molecule has 4 aromatic rings. The molecule has 0 bridgehead atoms. The van der Waals surface area contributed by atoms with Crippen molar-refractivity contribution in [1.82, 2.24) is 19.7 Å². The molecule has 1 amide bonds. The van der Waals surface area contributed by atoms with Gasteiger partial charge in [0.15, 0.2) is 0 Å². The number of pyridine rings is 2. The van der Waals surface area contributed by atoms with Crippen LogP contribution in [0.25, 0.3) is 0 Å². The Morgan fingerprint density at radius 2 is 1.77 bits per heavy atom. The SMILES string of the molecule is Cc1ccc(Sc2ncccc2C(=O)Nc2ccnn2C(C)c2ccncc2)cc1. The molecule has 0 fully saturated rings. The molecule has 3 heterocycles. The highest BCUT2D eigenvalue weighted by atomic mass is 32.2. The minimum Gasteiger partial charge on any atom is -0.307 e. The van der Waals surface area contributed by atoms with Crippen molar-refractivity contribution in [2.24, 2.45) is 0 Å². The van der Waals surface area contributed by atoms with Gasteiger partial charge >= 0.3 is 0 Å². The predicted octanol–water partition coefficient (Wildman–Crippen LogP) is 4.99. The lowest BCUT2D eigenvalue weighted by Gasteiger charge is -2.16. The highest BCUT2D eigenvalue weighted by Gasteiger charge is 2.18. The number of rotatable bonds is 6. The normalized spacial score (nSPS) is 11.8. The average molecular weight is 416 g/mol. The van der Waals surface area contributed by atoms with Crippen LogP contribution >= 0.6 is 11.8 Å². The standard InChI is InChI=1S/C23H21N5OS/c1-16-5-7-19(8-6-16)30-23-20(4-3-12-25-23)22(29)27-21-11-15-26-28(21)17(2)18-9-13-24-14-10-18/h3-15,17H,1-2H3,(H,27,29). The van der Waals surface area contributed by atoms with Crippen LogP contribution in [-0.2, 0) is 0 Å². The van der Waals surface area contributed by atoms with Crippen LogP contribution in [-0.4, -0.2) is 25.7 Å². The number of anilines is 1. The van der Waals surface area contributed by atoms with Crippen molar-refractivity contribution in [2.45, 2.75) is 29.8 Å². The monoisotopic (exact) mass is 415 g/mol. The number of nitrogens with one attached hydrogen (secondary N) is 1. The van der Waals surface area contributed by atoms with Gasteiger partial charge in [0.2, 0.25) is 0 Å². The van der Waals surface area contributed by atoms with E-state index in [2.05, 4.69) is 20.4 Å². The minimum atomic E-state index is -0.221. The van der Waals surface area contributed by atoms with Crippen LogP contribution in [0.2, 0.25) is 0 Å². The topological polar surface area (TPSA) is 72.7 Å². The summed E-state index contributed by atoms with van der Waals surface area (Å²) in [6, 6.07) is 17.3. The zero-order valence-electron chi connectivity index (χ0n) is 16.7. The zero-order chi connectivity index (χ0) is 20.9. The summed E-state index contributed by atoms with van der Waals surface area (Å²) in [5.41, 5.74) is 2.77. The molecule has 1 N–H and O–H groups in total. The van der Waals surface area contributed by atoms with E-state index in [1.54, 1.807) is 47.7 Å². The van der Waals surface area contributed by atoms with Gasteiger partial charge in [-0.05, 0) is 55.8 Å². The third-order valence-electron chi connectivity index (χ3n) is 4.72. The van der Waals surface area contributed by atoms with Gasteiger partial charge in [-0.15, -0.1) is 0 Å². The molecule has 0 aliphatic rings. The molecule has 4 rings (SSSR count). The van der Waals surface area contributed by atoms with Gasteiger partial charge in [0.05, 0.1) is 17.8 Å². The Bertz CT molecular complexity index is 1140. The highest BCUT2D eigenvalue weighted by Crippen LogP contribution is 2.29. The molecule has 0 spiro atoms. The van der Waals surface area contributed by atoms with Crippen molar-refractivity contribution in [1.29, 1.82) is 0 Å². The maximum absolute atomic E-state index is 13.1. The molecule has 30 heavy (non-hydrogen) atoms. The van der Waals surface area contributed by atoms with Gasteiger partial charge < -0.3 is 5.32 Å². The van der Waals surface area contributed by atoms with Crippen molar-refractivity contribution < 1.29 is 4.79 Å². The Labute approximate surface area is 179 Å². The molecule has 1 atom stereocenters. The van der Waals surface area contributed by atoms with E-state index in [-0.39, 0.29) is 11.9 Å². The average Bonchev–Trinajstić information content (AvgIpc) is 3.24. The van der Waals surface area contributed by atoms with E-state index in [0.29, 0.717) is 16.4 Å². The van der Waals surface area contributed by atoms with Crippen LogP contribution < -0.4 is 5.32 Å². The second-order valence-corrected chi connectivity index (χ2v) is 7.91. The van der Waals surface area contributed by atoms with E-state index in [1.165, 1.54) is 17.3 Å². The molecule has 150 valence electrons. The fourth-order valence-electron chi connectivity index (χ4n) is 3.05. The fraction of sp³-hybridized carbons (Fsp3) is 0.130. The summed E-state index contributed by atoms with van der Waals surface area (Å²) >= 11 is 1.47. The van der Waals surface area contributed by atoms with Gasteiger partial charge in [0.25, 0.3) is 5.91 Å². The molecule has 0 aliphatic carbocycles. The van der Waals surface area contributed by atoms with Gasteiger partial charge in [-0.25, -0.2) is 9.67 Å². The minimum absolute atomic E-state index is 0.0476. The van der Waals surface area contributed by atoms with Gasteiger partial charge in [0, 0.05) is 29.6 Å². The summed E-state index contributed by atoms with van der Waals surface area (Å²) in [6.07, 6.45) is 6.87. The lowest BCUT2D eigenvalue weighted by molar-refractivity contribution is 0.102. The number of nitrogens with zero attached hydrogens (tertiary/aromatic N) is 4. The van der Waals surface area contributed by atoms with E-state index in [4.69, 9.17) is 0 Å². The number of aromatic nitrogens is 4. The number of hydrogen-bond acceptors (Lipinski definition) is 5. The summed E-state index contributed by atoms with van der Waals surface area (Å²) < 4.78 is 1.79. The molecule has 1 unspecified atom stereocenters. The van der Waals surface area contributed by atoms with Crippen molar-refractivity contribution in [2.75, 3.05) is 5.32 Å². The number of hydrogen-bond donors (Lipinski definition) is 1. The molecule has 3 aromatic heterocycles. The van der Waals surface area contributed by atoms with Crippen molar-refractivity contribution >= 4 is 23.5 Å². The molecule has 0 radical (unpaired) electrons. The molecule has 6 nitrogen and oxygen atoms in total. The third kappa shape index (κ3) is 4.41. The molecule has 7 heteroatoms. The van der Waals surface area contributed by atoms with E-state index in [0.717, 1.165) is 10.5 Å². The maximum Gasteiger partial charge on any atom is 0.259 e. The van der Waals surface area contributed by atoms with Crippen molar-refractivity contribution in [3.8, 4) is 0 Å². The first kappa shape index (κ1) is 19.8. The lowest BCUT2D eigenvalue weighted by atomic mass is 10.1. The predicted molar refractivity (Wildman–Crippen MR) is 118 cm³/mol. The van der Waals surface area contributed by atoms with Crippen LogP contribution in [0, 0.1) is 6.92 Å². The fourth-order valence-corrected chi connectivity index (χ4v) is 3.93. The summed E-state index contributed by atoms with van der Waals surface area (Å²) in [5.74, 6) is 0.404. The molecular formula is C23H21N5OS. The van der Waals surface area contributed by atoms with E-state index >= 15 is 0 Å². The number of aryl methyl sites for hydroxylation is 1. The largest absolute Gasteiger partial charge is 0.307 e. The van der Waals surface area contributed by atoms with E-state index in [9.17, 15) is 4.79 Å². The summed E-state index contributed by atoms with van der Waals surface area (Å²) in [5, 5.41) is 8.04. The van der Waals surface area contributed by atoms with Gasteiger partial charge in [-0.1, -0.05) is 29.5 Å². The first-order valence-electron chi connectivity index (χ1n) is 9.56. The lowest BCUT2D eigenvalue weighted by Crippen LogP contribution is -2.19. The molecule has 0 saturated carbocycles. The summed E-state index contributed by atoms with van der Waals surface area (Å²) in [7, 11) is 0. The molecular weight excluding hydrogens is 394 g/mol. The van der Waals surface area contributed by atoms with E-state index in [1.807, 2.05) is 50.2 Å². The number of amides is 1. The first-order chi connectivity index (χ1) is 14.6. The van der Waals surface area contributed by atoms with Crippen LogP contribution in [0.3, 0.4) is 0 Å². The van der Waals surface area contributed by atoms with Crippen LogP contribution in [0.5, 0.6) is 0 Å². The Balaban J connectivity index is 1.56. The molecule has 0 saturated heterocycles. The highest BCUT2D eigenvalue weighted by molar-refractivity contribution is 7.99. The second kappa shape index (κ2) is 8.92. The smallest absolute Gasteiger partial charge is 0.259 e. The maximum atomic E-state index is 13.1. The van der Waals surface area contributed by atoms with Crippen LogP contribution in [0.4, 0.5) is 5.82 Å². The van der Waals surface area contributed by atoms with Gasteiger partial charge in [0.1, 0.15) is 10.8 Å². The Kier molecular flexibility index (Phi) is 5.90. The number of carbonyl (C=O) groups excluding carboxylic acids is 1. The quantitative estimate of drug-likeness (QED) is 0.480. The van der Waals surface area contributed by atoms with Crippen molar-refractivity contribution in [3.05, 3.63) is 96.1 Å². The van der Waals surface area contributed by atoms with E-state index < -0.39 is 0 Å². The van der Waals surface area contributed by atoms with Crippen LogP contribution in [0.15, 0.2) is 89.3 Å². The molecule has 0 aliphatic heterocycles. The summed E-state index contributed by atoms with van der Waals surface area (Å²) in [4.78, 5) is 22.6. The zero-order valence-corrected chi connectivity index (χ0v) is 17.5. The van der Waals surface area contributed by atoms with Gasteiger partial charge in [-0.2, -0.15) is 5.10 Å². The third-order valence-corrected chi connectivity index (χ3v) is 5.75. The number of carbonyl (C=O) groups is 1. The molecule has 1 aromatic carbocycles. The Hall–Kier alpha value is -3.45. The second-order valence-electron chi connectivity index (χ2n) is 6.84. The number of benzene rings is 1.